The van der Waals surface area contributed by atoms with Crippen LogP contribution in [0.15, 0.2) is 34.9 Å². The van der Waals surface area contributed by atoms with Gasteiger partial charge in [0.25, 0.3) is 5.91 Å². The second-order valence-corrected chi connectivity index (χ2v) is 6.48. The maximum Gasteiger partial charge on any atom is 0.416 e. The number of carbonyl (C=O) groups excluding carboxylic acids is 2. The van der Waals surface area contributed by atoms with Crippen molar-refractivity contribution in [2.24, 2.45) is 0 Å². The molecule has 0 aliphatic rings. The topological polar surface area (TPSA) is 68.3 Å². The van der Waals surface area contributed by atoms with E-state index in [2.05, 4.69) is 26.2 Å². The number of pyridine rings is 1. The Kier molecular flexibility index (Phi) is 6.19. The molecular formula is C17H13BrF4N2O3. The number of nitrogens with one attached hydrogen (secondary N) is 1. The molecule has 1 N–H and O–H groups in total. The molecule has 27 heavy (non-hydrogen) atoms. The van der Waals surface area contributed by atoms with Gasteiger partial charge in [-0.3, -0.25) is 9.59 Å². The van der Waals surface area contributed by atoms with Crippen LogP contribution in [0.3, 0.4) is 0 Å². The second kappa shape index (κ2) is 8.03. The van der Waals surface area contributed by atoms with Gasteiger partial charge in [-0.15, -0.1) is 0 Å². The number of benzene rings is 1. The highest BCUT2D eigenvalue weighted by Crippen LogP contribution is 2.34. The molecule has 1 aromatic carbocycles. The molecule has 0 aliphatic carbocycles. The number of amides is 1. The third kappa shape index (κ3) is 5.49. The summed E-state index contributed by atoms with van der Waals surface area (Å²) in [6.07, 6.45) is -3.53. The summed E-state index contributed by atoms with van der Waals surface area (Å²) in [5.74, 6) is -2.99. The molecule has 0 radical (unpaired) electrons. The number of halogens is 5. The van der Waals surface area contributed by atoms with Crippen LogP contribution >= 0.6 is 15.9 Å². The fourth-order valence-electron chi connectivity index (χ4n) is 2.20. The Hall–Kier alpha value is -2.49. The zero-order chi connectivity index (χ0) is 20.4. The van der Waals surface area contributed by atoms with E-state index in [9.17, 15) is 27.2 Å². The third-order valence-corrected chi connectivity index (χ3v) is 3.85. The molecule has 1 aromatic heterocycles. The molecule has 10 heteroatoms. The summed E-state index contributed by atoms with van der Waals surface area (Å²) in [5.41, 5.74) is -1.39. The first-order chi connectivity index (χ1) is 12.5. The zero-order valence-corrected chi connectivity index (χ0v) is 15.6. The largest absolute Gasteiger partial charge is 0.427 e. The van der Waals surface area contributed by atoms with Crippen LogP contribution in [0, 0.1) is 5.95 Å². The molecule has 0 bridgehead atoms. The molecule has 0 saturated heterocycles. The number of ether oxygens (including phenoxy) is 1. The summed E-state index contributed by atoms with van der Waals surface area (Å²) < 4.78 is 58.0. The van der Waals surface area contributed by atoms with Gasteiger partial charge >= 0.3 is 12.1 Å². The fraction of sp³-hybridized carbons (Fsp3) is 0.235. The van der Waals surface area contributed by atoms with Gasteiger partial charge in [-0.25, -0.2) is 4.98 Å². The molecule has 1 amide bonds. The van der Waals surface area contributed by atoms with Gasteiger partial charge in [0, 0.05) is 17.6 Å². The number of carbonyl (C=O) groups is 2. The molecule has 1 heterocycles. The summed E-state index contributed by atoms with van der Waals surface area (Å²) in [4.78, 5) is 26.7. The lowest BCUT2D eigenvalue weighted by Gasteiger charge is -2.18. The van der Waals surface area contributed by atoms with Gasteiger partial charge < -0.3 is 10.1 Å². The summed E-state index contributed by atoms with van der Waals surface area (Å²) in [6.45, 7) is 2.46. The first-order valence-electron chi connectivity index (χ1n) is 7.50. The van der Waals surface area contributed by atoms with Gasteiger partial charge in [-0.1, -0.05) is 0 Å². The van der Waals surface area contributed by atoms with Crippen LogP contribution in [0.2, 0.25) is 0 Å². The van der Waals surface area contributed by atoms with Crippen molar-refractivity contribution >= 4 is 27.8 Å². The van der Waals surface area contributed by atoms with E-state index in [0.29, 0.717) is 10.5 Å². The first-order valence-corrected chi connectivity index (χ1v) is 8.29. The van der Waals surface area contributed by atoms with E-state index in [0.717, 1.165) is 19.2 Å². The molecule has 1 atom stereocenters. The first kappa shape index (κ1) is 20.8. The van der Waals surface area contributed by atoms with Crippen molar-refractivity contribution in [1.82, 2.24) is 10.3 Å². The standard InChI is InChI=1S/C17H13BrF4N2O3/c1-8(24-16(26)14-6-12(18)7-23-15(14)19)10-3-11(17(20,21)22)5-13(4-10)27-9(2)25/h3-8H,1-2H3,(H,24,26)/t8-/m1/s1. The number of alkyl halides is 3. The minimum atomic E-state index is -4.69. The number of esters is 1. The highest BCUT2D eigenvalue weighted by atomic mass is 79.9. The average molecular weight is 449 g/mol. The molecule has 0 fully saturated rings. The van der Waals surface area contributed by atoms with Crippen molar-refractivity contribution in [2.45, 2.75) is 26.1 Å². The van der Waals surface area contributed by atoms with Gasteiger partial charge in [-0.2, -0.15) is 17.6 Å². The quantitative estimate of drug-likeness (QED) is 0.325. The predicted octanol–water partition coefficient (Wildman–Crippen LogP) is 4.42. The van der Waals surface area contributed by atoms with E-state index in [-0.39, 0.29) is 16.9 Å². The Morgan fingerprint density at radius 1 is 1.22 bits per heavy atom. The van der Waals surface area contributed by atoms with E-state index < -0.39 is 35.6 Å². The third-order valence-electron chi connectivity index (χ3n) is 3.42. The van der Waals surface area contributed by atoms with Gasteiger partial charge in [0.1, 0.15) is 5.75 Å². The van der Waals surface area contributed by atoms with Crippen molar-refractivity contribution in [3.63, 3.8) is 0 Å². The summed E-state index contributed by atoms with van der Waals surface area (Å²) in [6, 6.07) is 2.94. The Morgan fingerprint density at radius 3 is 2.48 bits per heavy atom. The molecule has 5 nitrogen and oxygen atoms in total. The van der Waals surface area contributed by atoms with Crippen LogP contribution in [-0.4, -0.2) is 16.9 Å². The summed E-state index contributed by atoms with van der Waals surface area (Å²) >= 11 is 3.06. The lowest BCUT2D eigenvalue weighted by molar-refractivity contribution is -0.138. The monoisotopic (exact) mass is 448 g/mol. The number of hydrogen-bond donors (Lipinski definition) is 1. The van der Waals surface area contributed by atoms with Crippen molar-refractivity contribution in [3.05, 3.63) is 57.6 Å². The summed E-state index contributed by atoms with van der Waals surface area (Å²) in [7, 11) is 0. The predicted molar refractivity (Wildman–Crippen MR) is 90.5 cm³/mol. The van der Waals surface area contributed by atoms with Crippen LogP contribution in [0.1, 0.15) is 41.4 Å². The molecule has 2 aromatic rings. The van der Waals surface area contributed by atoms with E-state index in [1.165, 1.54) is 19.1 Å². The Balaban J connectivity index is 2.34. The van der Waals surface area contributed by atoms with Crippen molar-refractivity contribution in [1.29, 1.82) is 0 Å². The maximum atomic E-state index is 13.7. The highest BCUT2D eigenvalue weighted by molar-refractivity contribution is 9.10. The van der Waals surface area contributed by atoms with E-state index in [1.807, 2.05) is 0 Å². The zero-order valence-electron chi connectivity index (χ0n) is 14.0. The number of aromatic nitrogens is 1. The lowest BCUT2D eigenvalue weighted by Crippen LogP contribution is -2.28. The number of nitrogens with zero attached hydrogens (tertiary/aromatic N) is 1. The van der Waals surface area contributed by atoms with E-state index in [4.69, 9.17) is 4.74 Å². The minimum Gasteiger partial charge on any atom is -0.427 e. The van der Waals surface area contributed by atoms with E-state index in [1.54, 1.807) is 0 Å². The van der Waals surface area contributed by atoms with Crippen LogP contribution in [0.4, 0.5) is 17.6 Å². The smallest absolute Gasteiger partial charge is 0.416 e. The molecule has 0 unspecified atom stereocenters. The molecule has 2 rings (SSSR count). The lowest BCUT2D eigenvalue weighted by atomic mass is 10.0. The van der Waals surface area contributed by atoms with E-state index >= 15 is 0 Å². The number of rotatable bonds is 4. The van der Waals surface area contributed by atoms with Crippen molar-refractivity contribution in [2.75, 3.05) is 0 Å². The van der Waals surface area contributed by atoms with Gasteiger partial charge in [0.2, 0.25) is 5.95 Å². The molecule has 0 aliphatic heterocycles. The van der Waals surface area contributed by atoms with Crippen LogP contribution < -0.4 is 10.1 Å². The van der Waals surface area contributed by atoms with Crippen LogP contribution in [-0.2, 0) is 11.0 Å². The minimum absolute atomic E-state index is 0.0257. The van der Waals surface area contributed by atoms with Crippen molar-refractivity contribution in [3.8, 4) is 5.75 Å². The fourth-order valence-corrected chi connectivity index (χ4v) is 2.53. The Bertz CT molecular complexity index is 887. The summed E-state index contributed by atoms with van der Waals surface area (Å²) in [5, 5.41) is 2.39. The van der Waals surface area contributed by atoms with Crippen molar-refractivity contribution < 1.29 is 31.9 Å². The van der Waals surface area contributed by atoms with Gasteiger partial charge in [0.05, 0.1) is 17.2 Å². The SMILES string of the molecule is CC(=O)Oc1cc([C@@H](C)NC(=O)c2cc(Br)cnc2F)cc(C(F)(F)F)c1. The molecule has 144 valence electrons. The van der Waals surface area contributed by atoms with Crippen LogP contribution in [0.5, 0.6) is 5.75 Å². The number of hydrogen-bond acceptors (Lipinski definition) is 4. The normalized spacial score (nSPS) is 12.4. The Labute approximate surface area is 159 Å². The van der Waals surface area contributed by atoms with Gasteiger partial charge in [-0.05, 0) is 52.7 Å². The highest BCUT2D eigenvalue weighted by Gasteiger charge is 2.32. The molecular weight excluding hydrogens is 436 g/mol. The van der Waals surface area contributed by atoms with Crippen LogP contribution in [0.25, 0.3) is 0 Å². The molecule has 0 saturated carbocycles. The Morgan fingerprint density at radius 2 is 1.89 bits per heavy atom. The maximum absolute atomic E-state index is 13.7. The average Bonchev–Trinajstić information content (AvgIpc) is 2.55. The van der Waals surface area contributed by atoms with Gasteiger partial charge in [0.15, 0.2) is 0 Å². The molecule has 0 spiro atoms. The second-order valence-electron chi connectivity index (χ2n) is 5.57.